The molecule has 1 saturated heterocycles. The Kier molecular flexibility index (Phi) is 4.72. The van der Waals surface area contributed by atoms with Crippen molar-refractivity contribution in [1.29, 1.82) is 0 Å². The quantitative estimate of drug-likeness (QED) is 0.929. The van der Waals surface area contributed by atoms with E-state index in [0.29, 0.717) is 18.0 Å². The number of piperidine rings is 1. The van der Waals surface area contributed by atoms with E-state index in [2.05, 4.69) is 20.9 Å². The van der Waals surface area contributed by atoms with Gasteiger partial charge in [0, 0.05) is 30.0 Å². The zero-order valence-electron chi connectivity index (χ0n) is 10.3. The third-order valence-electron chi connectivity index (χ3n) is 3.33. The SMILES string of the molecule is NCCC1CCCN(C(=O)c2cncc(Br)c2)C1. The molecule has 0 bridgehead atoms. The van der Waals surface area contributed by atoms with Crippen LogP contribution in [0.25, 0.3) is 0 Å². The molecule has 0 spiro atoms. The van der Waals surface area contributed by atoms with Gasteiger partial charge < -0.3 is 10.6 Å². The van der Waals surface area contributed by atoms with Gasteiger partial charge in [-0.1, -0.05) is 0 Å². The number of hydrogen-bond donors (Lipinski definition) is 1. The van der Waals surface area contributed by atoms with Crippen molar-refractivity contribution in [2.45, 2.75) is 19.3 Å². The zero-order chi connectivity index (χ0) is 13.0. The Morgan fingerprint density at radius 3 is 3.11 bits per heavy atom. The van der Waals surface area contributed by atoms with Crippen LogP contribution < -0.4 is 5.73 Å². The molecule has 18 heavy (non-hydrogen) atoms. The number of halogens is 1. The molecule has 1 aliphatic rings. The summed E-state index contributed by atoms with van der Waals surface area (Å²) in [4.78, 5) is 18.3. The summed E-state index contributed by atoms with van der Waals surface area (Å²) in [5.41, 5.74) is 6.24. The lowest BCUT2D eigenvalue weighted by molar-refractivity contribution is 0.0669. The summed E-state index contributed by atoms with van der Waals surface area (Å²) in [7, 11) is 0. The minimum Gasteiger partial charge on any atom is -0.338 e. The fourth-order valence-electron chi connectivity index (χ4n) is 2.43. The van der Waals surface area contributed by atoms with Gasteiger partial charge in [-0.3, -0.25) is 9.78 Å². The predicted octanol–water partition coefficient (Wildman–Crippen LogP) is 2.05. The Morgan fingerprint density at radius 2 is 2.39 bits per heavy atom. The van der Waals surface area contributed by atoms with Crippen molar-refractivity contribution in [3.63, 3.8) is 0 Å². The number of pyridine rings is 1. The van der Waals surface area contributed by atoms with Crippen LogP contribution in [0.15, 0.2) is 22.9 Å². The summed E-state index contributed by atoms with van der Waals surface area (Å²) < 4.78 is 0.837. The summed E-state index contributed by atoms with van der Waals surface area (Å²) in [5.74, 6) is 0.623. The third-order valence-corrected chi connectivity index (χ3v) is 3.77. The van der Waals surface area contributed by atoms with Gasteiger partial charge in [0.15, 0.2) is 0 Å². The average Bonchev–Trinajstić information content (AvgIpc) is 2.39. The lowest BCUT2D eigenvalue weighted by Gasteiger charge is -2.32. The van der Waals surface area contributed by atoms with E-state index in [9.17, 15) is 4.79 Å². The molecule has 1 fully saturated rings. The van der Waals surface area contributed by atoms with Gasteiger partial charge in [-0.2, -0.15) is 0 Å². The van der Waals surface area contributed by atoms with Crippen LogP contribution in [0.1, 0.15) is 29.6 Å². The topological polar surface area (TPSA) is 59.2 Å². The normalized spacial score (nSPS) is 19.9. The number of carbonyl (C=O) groups excluding carboxylic acids is 1. The summed E-state index contributed by atoms with van der Waals surface area (Å²) >= 11 is 3.34. The van der Waals surface area contributed by atoms with E-state index in [1.54, 1.807) is 12.4 Å². The van der Waals surface area contributed by atoms with Crippen molar-refractivity contribution in [1.82, 2.24) is 9.88 Å². The Bertz CT molecular complexity index is 422. The number of amides is 1. The summed E-state index contributed by atoms with van der Waals surface area (Å²) in [5, 5.41) is 0. The Hall–Kier alpha value is -0.940. The Morgan fingerprint density at radius 1 is 1.56 bits per heavy atom. The minimum atomic E-state index is 0.0746. The van der Waals surface area contributed by atoms with Crippen molar-refractivity contribution in [2.24, 2.45) is 11.7 Å². The van der Waals surface area contributed by atoms with E-state index in [1.165, 1.54) is 6.42 Å². The van der Waals surface area contributed by atoms with E-state index in [0.717, 1.165) is 30.4 Å². The van der Waals surface area contributed by atoms with E-state index < -0.39 is 0 Å². The zero-order valence-corrected chi connectivity index (χ0v) is 11.9. The summed E-state index contributed by atoms with van der Waals surface area (Å²) in [6.45, 7) is 2.36. The number of nitrogens with zero attached hydrogens (tertiary/aromatic N) is 2. The second-order valence-electron chi connectivity index (χ2n) is 4.73. The van der Waals surface area contributed by atoms with Crippen molar-refractivity contribution >= 4 is 21.8 Å². The fraction of sp³-hybridized carbons (Fsp3) is 0.538. The first-order valence-electron chi connectivity index (χ1n) is 6.30. The fourth-order valence-corrected chi connectivity index (χ4v) is 2.80. The highest BCUT2D eigenvalue weighted by Crippen LogP contribution is 2.21. The lowest BCUT2D eigenvalue weighted by atomic mass is 9.94. The molecule has 1 aromatic rings. The largest absolute Gasteiger partial charge is 0.338 e. The number of likely N-dealkylation sites (tertiary alicyclic amines) is 1. The molecule has 1 amide bonds. The monoisotopic (exact) mass is 311 g/mol. The van der Waals surface area contributed by atoms with E-state index >= 15 is 0 Å². The van der Waals surface area contributed by atoms with E-state index in [-0.39, 0.29) is 5.91 Å². The van der Waals surface area contributed by atoms with E-state index in [4.69, 9.17) is 5.73 Å². The number of nitrogens with two attached hydrogens (primary N) is 1. The minimum absolute atomic E-state index is 0.0746. The van der Waals surface area contributed by atoms with Gasteiger partial charge in [0.05, 0.1) is 5.56 Å². The molecule has 1 atom stereocenters. The van der Waals surface area contributed by atoms with Gasteiger partial charge in [-0.05, 0) is 53.7 Å². The molecule has 98 valence electrons. The molecular weight excluding hydrogens is 294 g/mol. The van der Waals surface area contributed by atoms with Crippen LogP contribution in [0.2, 0.25) is 0 Å². The molecule has 0 saturated carbocycles. The molecule has 0 radical (unpaired) electrons. The first-order valence-corrected chi connectivity index (χ1v) is 7.10. The number of hydrogen-bond acceptors (Lipinski definition) is 3. The third kappa shape index (κ3) is 3.29. The van der Waals surface area contributed by atoms with Crippen LogP contribution >= 0.6 is 15.9 Å². The predicted molar refractivity (Wildman–Crippen MR) is 74.2 cm³/mol. The molecule has 1 aromatic heterocycles. The molecule has 0 aromatic carbocycles. The second-order valence-corrected chi connectivity index (χ2v) is 5.64. The van der Waals surface area contributed by atoms with Crippen molar-refractivity contribution in [2.75, 3.05) is 19.6 Å². The van der Waals surface area contributed by atoms with Gasteiger partial charge in [0.2, 0.25) is 0 Å². The van der Waals surface area contributed by atoms with E-state index in [1.807, 2.05) is 11.0 Å². The standard InChI is InChI=1S/C13H18BrN3O/c14-12-6-11(7-16-8-12)13(18)17-5-1-2-10(9-17)3-4-15/h6-8,10H,1-5,9,15H2. The molecule has 2 heterocycles. The van der Waals surface area contributed by atoms with Crippen molar-refractivity contribution < 1.29 is 4.79 Å². The highest BCUT2D eigenvalue weighted by molar-refractivity contribution is 9.10. The van der Waals surface area contributed by atoms with Crippen LogP contribution in [0.5, 0.6) is 0 Å². The summed E-state index contributed by atoms with van der Waals surface area (Å²) in [6.07, 6.45) is 6.56. The molecule has 1 unspecified atom stereocenters. The number of rotatable bonds is 3. The van der Waals surface area contributed by atoms with Crippen molar-refractivity contribution in [3.05, 3.63) is 28.5 Å². The molecule has 5 heteroatoms. The molecular formula is C13H18BrN3O. The second kappa shape index (κ2) is 6.29. The molecule has 2 N–H and O–H groups in total. The number of aromatic nitrogens is 1. The van der Waals surface area contributed by atoms with Crippen LogP contribution in [0.4, 0.5) is 0 Å². The lowest BCUT2D eigenvalue weighted by Crippen LogP contribution is -2.40. The Balaban J connectivity index is 2.04. The van der Waals surface area contributed by atoms with Crippen LogP contribution in [0.3, 0.4) is 0 Å². The molecule has 2 rings (SSSR count). The summed E-state index contributed by atoms with van der Waals surface area (Å²) in [6, 6.07) is 1.82. The van der Waals surface area contributed by atoms with Gasteiger partial charge in [-0.25, -0.2) is 0 Å². The highest BCUT2D eigenvalue weighted by atomic mass is 79.9. The van der Waals surface area contributed by atoms with Gasteiger partial charge in [0.1, 0.15) is 0 Å². The first kappa shape index (κ1) is 13.5. The molecule has 4 nitrogen and oxygen atoms in total. The van der Waals surface area contributed by atoms with Gasteiger partial charge in [0.25, 0.3) is 5.91 Å². The Labute approximate surface area is 116 Å². The van der Waals surface area contributed by atoms with Crippen molar-refractivity contribution in [3.8, 4) is 0 Å². The van der Waals surface area contributed by atoms with Crippen LogP contribution in [-0.4, -0.2) is 35.4 Å². The van der Waals surface area contributed by atoms with Crippen LogP contribution in [-0.2, 0) is 0 Å². The average molecular weight is 312 g/mol. The first-order chi connectivity index (χ1) is 8.70. The molecule has 1 aliphatic heterocycles. The maximum atomic E-state index is 12.3. The number of carbonyl (C=O) groups is 1. The highest BCUT2D eigenvalue weighted by Gasteiger charge is 2.24. The van der Waals surface area contributed by atoms with Crippen LogP contribution in [0, 0.1) is 5.92 Å². The van der Waals surface area contributed by atoms with Gasteiger partial charge >= 0.3 is 0 Å². The smallest absolute Gasteiger partial charge is 0.255 e. The maximum absolute atomic E-state index is 12.3. The maximum Gasteiger partial charge on any atom is 0.255 e. The van der Waals surface area contributed by atoms with Gasteiger partial charge in [-0.15, -0.1) is 0 Å². The molecule has 0 aliphatic carbocycles.